The Morgan fingerprint density at radius 3 is 2.35 bits per heavy atom. The van der Waals surface area contributed by atoms with Gasteiger partial charge in [-0.05, 0) is 115 Å². The molecule has 260 valence electrons. The number of carboxylic acids is 1. The van der Waals surface area contributed by atoms with Gasteiger partial charge in [0.1, 0.15) is 17.5 Å². The Kier molecular flexibility index (Phi) is 7.84. The average Bonchev–Trinajstić information content (AvgIpc) is 3.03. The minimum Gasteiger partial charge on any atom is -0.481 e. The van der Waals surface area contributed by atoms with Gasteiger partial charge in [0, 0.05) is 11.1 Å². The van der Waals surface area contributed by atoms with Crippen molar-refractivity contribution in [1.29, 1.82) is 0 Å². The van der Waals surface area contributed by atoms with E-state index in [9.17, 15) is 14.7 Å². The number of nitrogens with zero attached hydrogens (tertiary/aromatic N) is 1. The highest BCUT2D eigenvalue weighted by molar-refractivity contribution is 6.24. The van der Waals surface area contributed by atoms with Crippen LogP contribution in [0.3, 0.4) is 0 Å². The van der Waals surface area contributed by atoms with Crippen molar-refractivity contribution in [2.24, 2.45) is 67.1 Å². The van der Waals surface area contributed by atoms with Crippen LogP contribution < -0.4 is 0 Å². The van der Waals surface area contributed by atoms with E-state index >= 15 is 0 Å². The monoisotopic (exact) mass is 673 g/mol. The van der Waals surface area contributed by atoms with Crippen molar-refractivity contribution in [3.05, 3.63) is 59.2 Å². The fourth-order valence-corrected chi connectivity index (χ4v) is 13.0. The first-order valence-electron chi connectivity index (χ1n) is 18.6. The largest absolute Gasteiger partial charge is 0.481 e. The second-order valence-corrected chi connectivity index (χ2v) is 18.7. The van der Waals surface area contributed by atoms with Crippen LogP contribution >= 0.6 is 11.6 Å². The molecular weight excluding hydrogens is 618 g/mol. The molecule has 0 amide bonds. The van der Waals surface area contributed by atoms with E-state index in [1.807, 2.05) is 36.4 Å². The first-order valence-corrected chi connectivity index (χ1v) is 19.0. The number of fused-ring (bicyclic) bond motifs is 8. The molecule has 11 atom stereocenters. The summed E-state index contributed by atoms with van der Waals surface area (Å²) in [5, 5.41) is 10.2. The van der Waals surface area contributed by atoms with Crippen LogP contribution in [0, 0.1) is 62.1 Å². The molecule has 1 N–H and O–H groups in total. The van der Waals surface area contributed by atoms with Crippen LogP contribution in [0.25, 0.3) is 0 Å². The summed E-state index contributed by atoms with van der Waals surface area (Å²) in [7, 11) is 0. The third-order valence-corrected chi connectivity index (χ3v) is 16.5. The summed E-state index contributed by atoms with van der Waals surface area (Å²) in [5.41, 5.74) is 1.95. The average molecular weight is 674 g/mol. The van der Waals surface area contributed by atoms with Crippen LogP contribution in [-0.4, -0.2) is 28.3 Å². The molecule has 0 aromatic heterocycles. The number of allylic oxidation sites excluding steroid dienone is 3. The molecule has 5 aliphatic carbocycles. The number of aliphatic imine (C=N–C) groups is 1. The quantitative estimate of drug-likeness (QED) is 0.149. The lowest BCUT2D eigenvalue weighted by molar-refractivity contribution is -0.184. The van der Waals surface area contributed by atoms with Crippen LogP contribution in [0.2, 0.25) is 0 Å². The number of halogens is 1. The maximum absolute atomic E-state index is 14.4. The van der Waals surface area contributed by atoms with Gasteiger partial charge >= 0.3 is 11.9 Å². The van der Waals surface area contributed by atoms with Crippen molar-refractivity contribution in [2.45, 2.75) is 119 Å². The van der Waals surface area contributed by atoms with Crippen molar-refractivity contribution in [2.75, 3.05) is 0 Å². The van der Waals surface area contributed by atoms with Gasteiger partial charge in [0.25, 0.3) is 0 Å². The number of rotatable bonds is 4. The third-order valence-electron chi connectivity index (χ3n) is 15.9. The first-order chi connectivity index (χ1) is 22.5. The molecule has 0 saturated heterocycles. The molecule has 1 aliphatic heterocycles. The second kappa shape index (κ2) is 11.0. The molecule has 48 heavy (non-hydrogen) atoms. The summed E-state index contributed by atoms with van der Waals surface area (Å²) >= 11 is 6.71. The predicted octanol–water partition coefficient (Wildman–Crippen LogP) is 10.0. The van der Waals surface area contributed by atoms with Crippen molar-refractivity contribution in [1.82, 2.24) is 0 Å². The van der Waals surface area contributed by atoms with Crippen molar-refractivity contribution < 1.29 is 19.4 Å². The van der Waals surface area contributed by atoms with E-state index in [2.05, 4.69) is 54.5 Å². The number of carboxylic acid groups (broad SMARTS) is 1. The fourth-order valence-electron chi connectivity index (χ4n) is 12.8. The summed E-state index contributed by atoms with van der Waals surface area (Å²) < 4.78 is 6.22. The minimum atomic E-state index is -1.22. The Bertz CT molecular complexity index is 1610. The standard InChI is InChI=1S/C42H56ClNO4/c1-25-16-19-42(36(47)48-24-27-12-10-9-11-13-27)21-20-40(7)29(32(42)26(25)2)14-15-31-38(5)22-28-23-39(6,35(45)46)34(43)44-33(28)37(3,4)30(38)17-18-41(31,40)8/h9-14,23,25-26,30-32,34H,15-22,24H2,1-8H3,(H,45,46)/t25-,26+,30+,31-,32+,34?,38+,39?,40-,41-,42+/m1/s1. The Balaban J connectivity index is 1.28. The number of hydrogen-bond donors (Lipinski definition) is 1. The number of ether oxygens (including phenoxy) is 1. The van der Waals surface area contributed by atoms with Gasteiger partial charge in [0.15, 0.2) is 0 Å². The molecule has 1 aromatic rings. The number of alkyl halides is 1. The number of benzene rings is 1. The van der Waals surface area contributed by atoms with Gasteiger partial charge in [0.05, 0.1) is 5.41 Å². The van der Waals surface area contributed by atoms with Gasteiger partial charge in [-0.1, -0.05) is 108 Å². The zero-order valence-corrected chi connectivity index (χ0v) is 31.1. The lowest BCUT2D eigenvalue weighted by Crippen LogP contribution is -2.65. The Labute approximate surface area is 293 Å². The van der Waals surface area contributed by atoms with E-state index in [4.69, 9.17) is 21.3 Å². The summed E-state index contributed by atoms with van der Waals surface area (Å²) in [6.07, 6.45) is 12.5. The smallest absolute Gasteiger partial charge is 0.316 e. The van der Waals surface area contributed by atoms with E-state index in [-0.39, 0.29) is 33.5 Å². The Morgan fingerprint density at radius 1 is 0.958 bits per heavy atom. The maximum atomic E-state index is 14.4. The minimum absolute atomic E-state index is 0.00478. The molecule has 7 rings (SSSR count). The van der Waals surface area contributed by atoms with Crippen LogP contribution in [0.5, 0.6) is 0 Å². The van der Waals surface area contributed by atoms with Gasteiger partial charge in [0.2, 0.25) is 0 Å². The molecule has 0 bridgehead atoms. The Hall–Kier alpha value is -2.40. The van der Waals surface area contributed by atoms with Gasteiger partial charge < -0.3 is 9.84 Å². The normalized spacial score (nSPS) is 45.8. The number of hydrogen-bond acceptors (Lipinski definition) is 4. The van der Waals surface area contributed by atoms with E-state index < -0.39 is 22.3 Å². The highest BCUT2D eigenvalue weighted by atomic mass is 35.5. The molecule has 2 unspecified atom stereocenters. The summed E-state index contributed by atoms with van der Waals surface area (Å²) in [6, 6.07) is 10.1. The lowest BCUT2D eigenvalue weighted by Gasteiger charge is -2.71. The zero-order valence-electron chi connectivity index (χ0n) is 30.4. The van der Waals surface area contributed by atoms with Gasteiger partial charge in [-0.2, -0.15) is 0 Å². The first kappa shape index (κ1) is 34.1. The van der Waals surface area contributed by atoms with Crippen molar-refractivity contribution >= 4 is 29.3 Å². The molecule has 1 heterocycles. The summed E-state index contributed by atoms with van der Waals surface area (Å²) in [5.74, 6) is 1.07. The van der Waals surface area contributed by atoms with Crippen LogP contribution in [0.4, 0.5) is 0 Å². The van der Waals surface area contributed by atoms with Gasteiger partial charge in [-0.25, -0.2) is 0 Å². The SMILES string of the molecule is C[C@H]1[C@H](C)CC[C@]2(C(=O)OCc3ccccc3)CC[C@]3(C)C(=CC[C@@H]4[C@@]5(C)CC6=CC(C)(C(=O)O)C(Cl)N=C6C(C)(C)[C@@H]5CC[C@]43C)[C@H]12. The molecule has 5 nitrogen and oxygen atoms in total. The van der Waals surface area contributed by atoms with E-state index in [1.54, 1.807) is 6.92 Å². The topological polar surface area (TPSA) is 76.0 Å². The maximum Gasteiger partial charge on any atom is 0.316 e. The zero-order chi connectivity index (χ0) is 34.7. The fraction of sp³-hybridized carbons (Fsp3) is 0.690. The summed E-state index contributed by atoms with van der Waals surface area (Å²) in [4.78, 5) is 31.8. The molecule has 1 aromatic carbocycles. The third kappa shape index (κ3) is 4.43. The molecule has 4 saturated carbocycles. The van der Waals surface area contributed by atoms with Gasteiger partial charge in [-0.3, -0.25) is 14.6 Å². The molecular formula is C42H56ClNO4. The highest BCUT2D eigenvalue weighted by Crippen LogP contribution is 2.76. The van der Waals surface area contributed by atoms with E-state index in [0.29, 0.717) is 30.3 Å². The molecule has 4 fully saturated rings. The molecule has 6 heteroatoms. The van der Waals surface area contributed by atoms with Crippen molar-refractivity contribution in [3.8, 4) is 0 Å². The van der Waals surface area contributed by atoms with Crippen LogP contribution in [-0.2, 0) is 20.9 Å². The number of aliphatic carboxylic acids is 1. The number of carbonyl (C=O) groups excluding carboxylic acids is 1. The summed E-state index contributed by atoms with van der Waals surface area (Å²) in [6.45, 7) is 19.1. The second-order valence-electron chi connectivity index (χ2n) is 18.3. The van der Waals surface area contributed by atoms with Crippen LogP contribution in [0.1, 0.15) is 112 Å². The lowest BCUT2D eigenvalue weighted by atomic mass is 9.33. The Morgan fingerprint density at radius 2 is 1.67 bits per heavy atom. The van der Waals surface area contributed by atoms with Crippen molar-refractivity contribution in [3.63, 3.8) is 0 Å². The van der Waals surface area contributed by atoms with E-state index in [0.717, 1.165) is 68.2 Å². The molecule has 0 spiro atoms. The van der Waals surface area contributed by atoms with Gasteiger partial charge in [-0.15, -0.1) is 0 Å². The van der Waals surface area contributed by atoms with E-state index in [1.165, 1.54) is 5.57 Å². The molecule has 6 aliphatic rings. The highest BCUT2D eigenvalue weighted by Gasteiger charge is 2.70. The predicted molar refractivity (Wildman–Crippen MR) is 191 cm³/mol. The number of esters is 1. The molecule has 0 radical (unpaired) electrons. The van der Waals surface area contributed by atoms with Crippen LogP contribution in [0.15, 0.2) is 58.6 Å². The number of carbonyl (C=O) groups is 2. The number of dihydropyridines is 1.